The van der Waals surface area contributed by atoms with Crippen molar-refractivity contribution in [2.45, 2.75) is 20.4 Å². The number of rotatable bonds is 5. The standard InChI is InChI=1S/C18H22N4O2/c1-12-7-18(22-17(19-12)6-13(2)20-22)21(3)11-14-8-15(23-4)10-16(9-14)24-5/h6-10H,11H2,1-5H3. The minimum Gasteiger partial charge on any atom is -0.497 e. The molecule has 3 aromatic rings. The maximum atomic E-state index is 5.35. The van der Waals surface area contributed by atoms with Gasteiger partial charge in [0.1, 0.15) is 17.3 Å². The molecule has 6 nitrogen and oxygen atoms in total. The van der Waals surface area contributed by atoms with Crippen molar-refractivity contribution in [3.8, 4) is 11.5 Å². The Morgan fingerprint density at radius 1 is 0.958 bits per heavy atom. The molecule has 0 atom stereocenters. The van der Waals surface area contributed by atoms with Gasteiger partial charge in [-0.05, 0) is 31.5 Å². The first-order valence-corrected chi connectivity index (χ1v) is 7.77. The van der Waals surface area contributed by atoms with Crippen LogP contribution in [0.25, 0.3) is 5.65 Å². The summed E-state index contributed by atoms with van der Waals surface area (Å²) in [6.07, 6.45) is 0. The Bertz CT molecular complexity index is 851. The van der Waals surface area contributed by atoms with Gasteiger partial charge >= 0.3 is 0 Å². The van der Waals surface area contributed by atoms with Crippen LogP contribution in [0.1, 0.15) is 17.0 Å². The topological polar surface area (TPSA) is 51.9 Å². The molecule has 0 saturated heterocycles. The summed E-state index contributed by atoms with van der Waals surface area (Å²) in [7, 11) is 5.35. The summed E-state index contributed by atoms with van der Waals surface area (Å²) in [6.45, 7) is 4.67. The average molecular weight is 326 g/mol. The van der Waals surface area contributed by atoms with E-state index in [9.17, 15) is 0 Å². The zero-order valence-electron chi connectivity index (χ0n) is 14.7. The molecule has 0 bridgehead atoms. The van der Waals surface area contributed by atoms with Gasteiger partial charge in [-0.2, -0.15) is 9.61 Å². The van der Waals surface area contributed by atoms with Crippen LogP contribution in [0.5, 0.6) is 11.5 Å². The van der Waals surface area contributed by atoms with Crippen molar-refractivity contribution in [2.24, 2.45) is 0 Å². The largest absolute Gasteiger partial charge is 0.497 e. The first-order valence-electron chi connectivity index (χ1n) is 7.77. The smallest absolute Gasteiger partial charge is 0.157 e. The molecule has 0 radical (unpaired) electrons. The molecule has 24 heavy (non-hydrogen) atoms. The van der Waals surface area contributed by atoms with Crippen LogP contribution in [0, 0.1) is 13.8 Å². The Morgan fingerprint density at radius 2 is 1.62 bits per heavy atom. The van der Waals surface area contributed by atoms with Gasteiger partial charge in [-0.1, -0.05) is 0 Å². The lowest BCUT2D eigenvalue weighted by Gasteiger charge is -2.21. The quantitative estimate of drug-likeness (QED) is 0.721. The third-order valence-corrected chi connectivity index (χ3v) is 3.88. The number of ether oxygens (including phenoxy) is 2. The maximum Gasteiger partial charge on any atom is 0.157 e. The highest BCUT2D eigenvalue weighted by molar-refractivity contribution is 5.52. The lowest BCUT2D eigenvalue weighted by atomic mass is 10.2. The Labute approximate surface area is 141 Å². The Hall–Kier alpha value is -2.76. The fourth-order valence-corrected chi connectivity index (χ4v) is 2.78. The molecule has 0 saturated carbocycles. The van der Waals surface area contributed by atoms with Crippen molar-refractivity contribution in [3.63, 3.8) is 0 Å². The molecule has 0 spiro atoms. The Kier molecular flexibility index (Phi) is 4.29. The van der Waals surface area contributed by atoms with Crippen LogP contribution < -0.4 is 14.4 Å². The van der Waals surface area contributed by atoms with Crippen molar-refractivity contribution in [1.82, 2.24) is 14.6 Å². The molecule has 0 aliphatic heterocycles. The number of anilines is 1. The Morgan fingerprint density at radius 3 is 2.25 bits per heavy atom. The zero-order chi connectivity index (χ0) is 17.3. The number of nitrogens with zero attached hydrogens (tertiary/aromatic N) is 4. The predicted molar refractivity (Wildman–Crippen MR) is 94.1 cm³/mol. The summed E-state index contributed by atoms with van der Waals surface area (Å²) in [4.78, 5) is 6.68. The van der Waals surface area contributed by atoms with Crippen LogP contribution >= 0.6 is 0 Å². The van der Waals surface area contributed by atoms with Crippen molar-refractivity contribution >= 4 is 11.5 Å². The second-order valence-corrected chi connectivity index (χ2v) is 5.89. The molecule has 126 valence electrons. The molecule has 3 rings (SSSR count). The minimum atomic E-state index is 0.699. The number of hydrogen-bond acceptors (Lipinski definition) is 5. The second-order valence-electron chi connectivity index (χ2n) is 5.89. The van der Waals surface area contributed by atoms with E-state index in [1.807, 2.05) is 55.7 Å². The average Bonchev–Trinajstić information content (AvgIpc) is 2.93. The molecule has 0 aliphatic carbocycles. The highest BCUT2D eigenvalue weighted by Crippen LogP contribution is 2.25. The minimum absolute atomic E-state index is 0.699. The van der Waals surface area contributed by atoms with E-state index in [1.54, 1.807) is 14.2 Å². The molecule has 0 amide bonds. The SMILES string of the molecule is COc1cc(CN(C)c2cc(C)nc3cc(C)nn23)cc(OC)c1. The van der Waals surface area contributed by atoms with Crippen LogP contribution in [0.15, 0.2) is 30.3 Å². The molecule has 0 N–H and O–H groups in total. The van der Waals surface area contributed by atoms with Crippen LogP contribution in [0.2, 0.25) is 0 Å². The molecule has 1 aromatic carbocycles. The van der Waals surface area contributed by atoms with Crippen molar-refractivity contribution in [2.75, 3.05) is 26.2 Å². The molecule has 0 fully saturated rings. The molecule has 2 aromatic heterocycles. The van der Waals surface area contributed by atoms with E-state index >= 15 is 0 Å². The van der Waals surface area contributed by atoms with E-state index in [1.165, 1.54) is 0 Å². The summed E-state index contributed by atoms with van der Waals surface area (Å²) in [5.41, 5.74) is 3.87. The maximum absolute atomic E-state index is 5.35. The van der Waals surface area contributed by atoms with Crippen LogP contribution in [-0.4, -0.2) is 35.9 Å². The number of methoxy groups -OCH3 is 2. The first-order chi connectivity index (χ1) is 11.5. The second kappa shape index (κ2) is 6.39. The van der Waals surface area contributed by atoms with Crippen molar-refractivity contribution in [1.29, 1.82) is 0 Å². The molecule has 0 aliphatic rings. The monoisotopic (exact) mass is 326 g/mol. The van der Waals surface area contributed by atoms with Gasteiger partial charge in [-0.3, -0.25) is 0 Å². The van der Waals surface area contributed by atoms with Gasteiger partial charge in [-0.25, -0.2) is 4.98 Å². The van der Waals surface area contributed by atoms with E-state index in [-0.39, 0.29) is 0 Å². The number of fused-ring (bicyclic) bond motifs is 1. The van der Waals surface area contributed by atoms with E-state index < -0.39 is 0 Å². The summed E-state index contributed by atoms with van der Waals surface area (Å²) in [5.74, 6) is 2.56. The van der Waals surface area contributed by atoms with Crippen LogP contribution in [-0.2, 0) is 6.54 Å². The predicted octanol–water partition coefficient (Wildman–Crippen LogP) is 3.00. The lowest BCUT2D eigenvalue weighted by molar-refractivity contribution is 0.393. The number of hydrogen-bond donors (Lipinski definition) is 0. The van der Waals surface area contributed by atoms with Gasteiger partial charge < -0.3 is 14.4 Å². The van der Waals surface area contributed by atoms with Gasteiger partial charge in [0.05, 0.1) is 19.9 Å². The first kappa shape index (κ1) is 16.1. The third kappa shape index (κ3) is 3.13. The van der Waals surface area contributed by atoms with Gasteiger partial charge in [0.15, 0.2) is 5.65 Å². The lowest BCUT2D eigenvalue weighted by Crippen LogP contribution is -2.20. The number of benzene rings is 1. The highest BCUT2D eigenvalue weighted by atomic mass is 16.5. The summed E-state index contributed by atoms with van der Waals surface area (Å²) in [6, 6.07) is 9.92. The number of aromatic nitrogens is 3. The zero-order valence-corrected chi connectivity index (χ0v) is 14.7. The van der Waals surface area contributed by atoms with E-state index in [0.717, 1.165) is 39.9 Å². The summed E-state index contributed by atoms with van der Waals surface area (Å²) < 4.78 is 12.6. The molecule has 2 heterocycles. The molecule has 6 heteroatoms. The van der Waals surface area contributed by atoms with Crippen LogP contribution in [0.3, 0.4) is 0 Å². The molecular formula is C18H22N4O2. The van der Waals surface area contributed by atoms with E-state index in [2.05, 4.69) is 15.0 Å². The van der Waals surface area contributed by atoms with Gasteiger partial charge in [0, 0.05) is 37.5 Å². The molecule has 0 unspecified atom stereocenters. The molecular weight excluding hydrogens is 304 g/mol. The van der Waals surface area contributed by atoms with Gasteiger partial charge in [0.2, 0.25) is 0 Å². The Balaban J connectivity index is 1.97. The van der Waals surface area contributed by atoms with Crippen molar-refractivity contribution < 1.29 is 9.47 Å². The van der Waals surface area contributed by atoms with E-state index in [4.69, 9.17) is 9.47 Å². The van der Waals surface area contributed by atoms with Gasteiger partial charge in [-0.15, -0.1) is 0 Å². The summed E-state index contributed by atoms with van der Waals surface area (Å²) in [5, 5.41) is 4.55. The van der Waals surface area contributed by atoms with Gasteiger partial charge in [0.25, 0.3) is 0 Å². The highest BCUT2D eigenvalue weighted by Gasteiger charge is 2.12. The van der Waals surface area contributed by atoms with E-state index in [0.29, 0.717) is 6.54 Å². The summed E-state index contributed by atoms with van der Waals surface area (Å²) >= 11 is 0. The normalized spacial score (nSPS) is 10.9. The fraction of sp³-hybridized carbons (Fsp3) is 0.333. The fourth-order valence-electron chi connectivity index (χ4n) is 2.78. The number of aryl methyl sites for hydroxylation is 2. The van der Waals surface area contributed by atoms with Crippen LogP contribution in [0.4, 0.5) is 5.82 Å². The third-order valence-electron chi connectivity index (χ3n) is 3.88. The van der Waals surface area contributed by atoms with Crippen molar-refractivity contribution in [3.05, 3.63) is 47.3 Å².